The summed E-state index contributed by atoms with van der Waals surface area (Å²) < 4.78 is 15.6. The molecule has 1 amide bonds. The molecule has 2 N–H and O–H groups in total. The van der Waals surface area contributed by atoms with Gasteiger partial charge in [0.15, 0.2) is 11.5 Å². The molecule has 1 atom stereocenters. The van der Waals surface area contributed by atoms with Crippen molar-refractivity contribution in [3.8, 4) is 17.2 Å². The van der Waals surface area contributed by atoms with Crippen molar-refractivity contribution < 1.29 is 28.9 Å². The molecule has 0 saturated heterocycles. The van der Waals surface area contributed by atoms with Crippen LogP contribution in [0.2, 0.25) is 0 Å². The first-order valence-electron chi connectivity index (χ1n) is 6.21. The Bertz CT molecular complexity index is 487. The molecule has 0 aliphatic carbocycles. The summed E-state index contributed by atoms with van der Waals surface area (Å²) in [4.78, 5) is 22.2. The number of methoxy groups -OCH3 is 3. The van der Waals surface area contributed by atoms with Crippen LogP contribution in [-0.4, -0.2) is 38.3 Å². The summed E-state index contributed by atoms with van der Waals surface area (Å²) in [5, 5.41) is 11.6. The highest BCUT2D eigenvalue weighted by molar-refractivity contribution is 5.75. The first-order chi connectivity index (χ1) is 9.92. The van der Waals surface area contributed by atoms with Crippen molar-refractivity contribution in [3.63, 3.8) is 0 Å². The molecule has 21 heavy (non-hydrogen) atoms. The number of rotatable bonds is 7. The molecule has 7 nitrogen and oxygen atoms in total. The minimum absolute atomic E-state index is 0.252. The highest BCUT2D eigenvalue weighted by Crippen LogP contribution is 2.40. The third-order valence-corrected chi connectivity index (χ3v) is 2.85. The van der Waals surface area contributed by atoms with E-state index in [0.29, 0.717) is 22.8 Å². The number of benzene rings is 1. The predicted molar refractivity (Wildman–Crippen MR) is 74.9 cm³/mol. The van der Waals surface area contributed by atoms with E-state index in [1.54, 1.807) is 12.1 Å². The van der Waals surface area contributed by atoms with Crippen LogP contribution in [0.5, 0.6) is 17.2 Å². The van der Waals surface area contributed by atoms with Gasteiger partial charge in [0.05, 0.1) is 33.8 Å². The van der Waals surface area contributed by atoms with Crippen molar-refractivity contribution in [2.45, 2.75) is 19.4 Å². The largest absolute Gasteiger partial charge is 0.493 e. The van der Waals surface area contributed by atoms with Gasteiger partial charge in [-0.3, -0.25) is 9.59 Å². The third kappa shape index (κ3) is 4.27. The molecule has 0 aliphatic rings. The first kappa shape index (κ1) is 16.6. The van der Waals surface area contributed by atoms with E-state index in [1.165, 1.54) is 28.3 Å². The molecule has 0 saturated carbocycles. The van der Waals surface area contributed by atoms with Crippen molar-refractivity contribution in [2.24, 2.45) is 0 Å². The van der Waals surface area contributed by atoms with Gasteiger partial charge in [-0.25, -0.2) is 0 Å². The second-order valence-corrected chi connectivity index (χ2v) is 4.31. The average Bonchev–Trinajstić information content (AvgIpc) is 2.43. The maximum absolute atomic E-state index is 11.2. The normalized spacial score (nSPS) is 11.4. The number of hydrogen-bond donors (Lipinski definition) is 2. The zero-order chi connectivity index (χ0) is 16.0. The number of carboxylic acids is 1. The lowest BCUT2D eigenvalue weighted by molar-refractivity contribution is -0.137. The van der Waals surface area contributed by atoms with E-state index >= 15 is 0 Å². The summed E-state index contributed by atoms with van der Waals surface area (Å²) in [6.45, 7) is 1.33. The molecule has 7 heteroatoms. The third-order valence-electron chi connectivity index (χ3n) is 2.85. The zero-order valence-electron chi connectivity index (χ0n) is 12.4. The van der Waals surface area contributed by atoms with E-state index in [0.717, 1.165) is 0 Å². The number of ether oxygens (including phenoxy) is 3. The molecule has 0 spiro atoms. The van der Waals surface area contributed by atoms with Crippen LogP contribution in [0.25, 0.3) is 0 Å². The van der Waals surface area contributed by atoms with Gasteiger partial charge in [0, 0.05) is 6.92 Å². The van der Waals surface area contributed by atoms with Gasteiger partial charge >= 0.3 is 5.97 Å². The summed E-state index contributed by atoms with van der Waals surface area (Å²) in [7, 11) is 4.40. The van der Waals surface area contributed by atoms with Crippen LogP contribution < -0.4 is 19.5 Å². The van der Waals surface area contributed by atoms with Gasteiger partial charge in [-0.15, -0.1) is 0 Å². The lowest BCUT2D eigenvalue weighted by Gasteiger charge is -2.20. The van der Waals surface area contributed by atoms with Crippen molar-refractivity contribution in [1.29, 1.82) is 0 Å². The summed E-state index contributed by atoms with van der Waals surface area (Å²) >= 11 is 0. The molecule has 116 valence electrons. The fourth-order valence-corrected chi connectivity index (χ4v) is 1.97. The second-order valence-electron chi connectivity index (χ2n) is 4.31. The van der Waals surface area contributed by atoms with Crippen LogP contribution >= 0.6 is 0 Å². The summed E-state index contributed by atoms with van der Waals surface area (Å²) in [6, 6.07) is 2.55. The zero-order valence-corrected chi connectivity index (χ0v) is 12.4. The SMILES string of the molecule is COc1cc([C@H](CC(=O)O)NC(C)=O)cc(OC)c1OC. The van der Waals surface area contributed by atoms with E-state index < -0.39 is 12.0 Å². The van der Waals surface area contributed by atoms with E-state index in [2.05, 4.69) is 5.32 Å². The van der Waals surface area contributed by atoms with Gasteiger partial charge in [0.2, 0.25) is 11.7 Å². The van der Waals surface area contributed by atoms with Crippen molar-refractivity contribution >= 4 is 11.9 Å². The second kappa shape index (κ2) is 7.37. The molecule has 0 aliphatic heterocycles. The number of carboxylic acid groups (broad SMARTS) is 1. The van der Waals surface area contributed by atoms with E-state index in [1.807, 2.05) is 0 Å². The fraction of sp³-hybridized carbons (Fsp3) is 0.429. The molecule has 1 rings (SSSR count). The van der Waals surface area contributed by atoms with Crippen molar-refractivity contribution in [2.75, 3.05) is 21.3 Å². The maximum atomic E-state index is 11.2. The molecule has 0 aromatic heterocycles. The molecule has 0 radical (unpaired) electrons. The summed E-state index contributed by atoms with van der Waals surface area (Å²) in [5.41, 5.74) is 0.558. The molecule has 0 bridgehead atoms. The maximum Gasteiger partial charge on any atom is 0.305 e. The van der Waals surface area contributed by atoms with Gasteiger partial charge in [-0.05, 0) is 17.7 Å². The average molecular weight is 297 g/mol. The lowest BCUT2D eigenvalue weighted by atomic mass is 10.0. The molecule has 0 fully saturated rings. The monoisotopic (exact) mass is 297 g/mol. The van der Waals surface area contributed by atoms with Crippen molar-refractivity contribution in [3.05, 3.63) is 17.7 Å². The van der Waals surface area contributed by atoms with Crippen molar-refractivity contribution in [1.82, 2.24) is 5.32 Å². The Kier molecular flexibility index (Phi) is 5.83. The van der Waals surface area contributed by atoms with Gasteiger partial charge in [-0.1, -0.05) is 0 Å². The van der Waals surface area contributed by atoms with Gasteiger partial charge in [-0.2, -0.15) is 0 Å². The number of carbonyl (C=O) groups is 2. The number of amides is 1. The first-order valence-corrected chi connectivity index (χ1v) is 6.21. The van der Waals surface area contributed by atoms with E-state index in [-0.39, 0.29) is 12.3 Å². The predicted octanol–water partition coefficient (Wildman–Crippen LogP) is 1.36. The highest BCUT2D eigenvalue weighted by atomic mass is 16.5. The molecule has 0 unspecified atom stereocenters. The minimum Gasteiger partial charge on any atom is -0.493 e. The molecule has 1 aromatic carbocycles. The Morgan fingerprint density at radius 2 is 1.67 bits per heavy atom. The van der Waals surface area contributed by atoms with Crippen LogP contribution in [0.1, 0.15) is 24.9 Å². The lowest BCUT2D eigenvalue weighted by Crippen LogP contribution is -2.28. The van der Waals surface area contributed by atoms with Crippen LogP contribution in [0.3, 0.4) is 0 Å². The van der Waals surface area contributed by atoms with Crippen LogP contribution in [0, 0.1) is 0 Å². The van der Waals surface area contributed by atoms with Crippen LogP contribution in [0.15, 0.2) is 12.1 Å². The number of aliphatic carboxylic acids is 1. The summed E-state index contributed by atoms with van der Waals surface area (Å²) in [5.74, 6) is -0.154. The molecular weight excluding hydrogens is 278 g/mol. The fourth-order valence-electron chi connectivity index (χ4n) is 1.97. The van der Waals surface area contributed by atoms with Crippen LogP contribution in [-0.2, 0) is 9.59 Å². The Morgan fingerprint density at radius 1 is 1.14 bits per heavy atom. The smallest absolute Gasteiger partial charge is 0.305 e. The van der Waals surface area contributed by atoms with E-state index in [4.69, 9.17) is 19.3 Å². The molecule has 1 aromatic rings. The number of nitrogens with one attached hydrogen (secondary N) is 1. The standard InChI is InChI=1S/C14H19NO6/c1-8(16)15-10(7-13(17)18)9-5-11(19-2)14(21-4)12(6-9)20-3/h5-6,10H,7H2,1-4H3,(H,15,16)(H,17,18)/t10-/m0/s1. The Morgan fingerprint density at radius 3 is 2.00 bits per heavy atom. The van der Waals surface area contributed by atoms with Gasteiger partial charge in [0.1, 0.15) is 0 Å². The number of hydrogen-bond acceptors (Lipinski definition) is 5. The number of carbonyl (C=O) groups excluding carboxylic acids is 1. The Balaban J connectivity index is 3.29. The molecule has 0 heterocycles. The topological polar surface area (TPSA) is 94.1 Å². The highest BCUT2D eigenvalue weighted by Gasteiger charge is 2.21. The van der Waals surface area contributed by atoms with Gasteiger partial charge in [0.25, 0.3) is 0 Å². The Labute approximate surface area is 122 Å². The van der Waals surface area contributed by atoms with Gasteiger partial charge < -0.3 is 24.6 Å². The minimum atomic E-state index is -1.03. The quantitative estimate of drug-likeness (QED) is 0.789. The van der Waals surface area contributed by atoms with E-state index in [9.17, 15) is 9.59 Å². The summed E-state index contributed by atoms with van der Waals surface area (Å²) in [6.07, 6.45) is -0.252. The Hall–Kier alpha value is -2.44. The van der Waals surface area contributed by atoms with Crippen LogP contribution in [0.4, 0.5) is 0 Å². The molecular formula is C14H19NO6.